The highest BCUT2D eigenvalue weighted by atomic mass is 16.5. The first-order chi connectivity index (χ1) is 10.6. The second-order valence-electron chi connectivity index (χ2n) is 5.01. The monoisotopic (exact) mass is 298 g/mol. The number of carbonyl (C=O) groups is 1. The van der Waals surface area contributed by atoms with Crippen LogP contribution in [0.25, 0.3) is 21.8 Å². The third-order valence-electron chi connectivity index (χ3n) is 3.88. The molecular formula is C17H16NO4+. The summed E-state index contributed by atoms with van der Waals surface area (Å²) in [5, 5.41) is 11.0. The van der Waals surface area contributed by atoms with Crippen molar-refractivity contribution in [3.05, 3.63) is 42.0 Å². The molecule has 0 radical (unpaired) electrons. The number of carboxylic acids is 1. The van der Waals surface area contributed by atoms with E-state index in [2.05, 4.69) is 0 Å². The van der Waals surface area contributed by atoms with E-state index in [1.807, 2.05) is 35.9 Å². The van der Waals surface area contributed by atoms with Crippen molar-refractivity contribution in [3.63, 3.8) is 0 Å². The minimum absolute atomic E-state index is 0.251. The predicted octanol–water partition coefficient (Wildman–Crippen LogP) is 2.53. The maximum atomic E-state index is 11.8. The number of fused-ring (bicyclic) bond motifs is 2. The van der Waals surface area contributed by atoms with Crippen molar-refractivity contribution >= 4 is 27.8 Å². The topological polar surface area (TPSA) is 59.6 Å². The van der Waals surface area contributed by atoms with Gasteiger partial charge in [0.2, 0.25) is 11.0 Å². The summed E-state index contributed by atoms with van der Waals surface area (Å²) in [5.74, 6) is 0.270. The maximum absolute atomic E-state index is 11.8. The Balaban J connectivity index is 2.55. The summed E-state index contributed by atoms with van der Waals surface area (Å²) in [6.45, 7) is 0. The van der Waals surface area contributed by atoms with E-state index in [9.17, 15) is 9.90 Å². The Hall–Kier alpha value is -2.82. The largest absolute Gasteiger partial charge is 0.497 e. The highest BCUT2D eigenvalue weighted by Crippen LogP contribution is 2.29. The molecule has 0 aliphatic carbocycles. The van der Waals surface area contributed by atoms with Gasteiger partial charge in [-0.05, 0) is 24.3 Å². The number of benzene rings is 2. The number of hydrogen-bond acceptors (Lipinski definition) is 3. The molecule has 0 atom stereocenters. The van der Waals surface area contributed by atoms with Crippen LogP contribution in [-0.4, -0.2) is 25.3 Å². The summed E-state index contributed by atoms with van der Waals surface area (Å²) in [6.07, 6.45) is 0. The number of rotatable bonds is 3. The molecule has 3 rings (SSSR count). The van der Waals surface area contributed by atoms with Gasteiger partial charge in [-0.1, -0.05) is 0 Å². The summed E-state index contributed by atoms with van der Waals surface area (Å²) in [7, 11) is 5.03. The normalized spacial score (nSPS) is 10.9. The van der Waals surface area contributed by atoms with Gasteiger partial charge in [-0.15, -0.1) is 0 Å². The standard InChI is InChI=1S/C17H15NO4/c1-18-14-6-4-10(21-2)8-12(14)16(17(19)20)13-9-11(22-3)5-7-15(13)18/h4-9H,1-3H3/p+1. The van der Waals surface area contributed by atoms with Gasteiger partial charge in [-0.3, -0.25) is 0 Å². The van der Waals surface area contributed by atoms with E-state index in [1.165, 1.54) is 0 Å². The third-order valence-corrected chi connectivity index (χ3v) is 3.88. The first-order valence-electron chi connectivity index (χ1n) is 6.77. The van der Waals surface area contributed by atoms with Crippen LogP contribution in [0.5, 0.6) is 11.5 Å². The Kier molecular flexibility index (Phi) is 3.33. The quantitative estimate of drug-likeness (QED) is 0.596. The molecule has 0 bridgehead atoms. The summed E-state index contributed by atoms with van der Waals surface area (Å²) in [6, 6.07) is 10.9. The zero-order chi connectivity index (χ0) is 15.9. The molecule has 1 aromatic heterocycles. The number of pyridine rings is 1. The van der Waals surface area contributed by atoms with Gasteiger partial charge in [0.05, 0.1) is 30.6 Å². The summed E-state index contributed by atoms with van der Waals surface area (Å²) >= 11 is 0. The van der Waals surface area contributed by atoms with Crippen LogP contribution in [0.15, 0.2) is 36.4 Å². The van der Waals surface area contributed by atoms with Gasteiger partial charge >= 0.3 is 5.97 Å². The van der Waals surface area contributed by atoms with Crippen molar-refractivity contribution in [2.75, 3.05) is 14.2 Å². The number of aromatic carboxylic acids is 1. The fourth-order valence-corrected chi connectivity index (χ4v) is 2.77. The molecule has 22 heavy (non-hydrogen) atoms. The van der Waals surface area contributed by atoms with Crippen LogP contribution in [0.2, 0.25) is 0 Å². The molecule has 1 heterocycles. The van der Waals surface area contributed by atoms with Crippen LogP contribution in [-0.2, 0) is 7.05 Å². The second-order valence-corrected chi connectivity index (χ2v) is 5.01. The van der Waals surface area contributed by atoms with Gasteiger partial charge in [-0.25, -0.2) is 4.79 Å². The van der Waals surface area contributed by atoms with Gasteiger partial charge in [0.25, 0.3) is 0 Å². The van der Waals surface area contributed by atoms with Crippen LogP contribution >= 0.6 is 0 Å². The van der Waals surface area contributed by atoms with Gasteiger partial charge in [0.1, 0.15) is 18.5 Å². The minimum Gasteiger partial charge on any atom is -0.497 e. The predicted molar refractivity (Wildman–Crippen MR) is 82.7 cm³/mol. The maximum Gasteiger partial charge on any atom is 0.337 e. The van der Waals surface area contributed by atoms with E-state index in [-0.39, 0.29) is 5.56 Å². The van der Waals surface area contributed by atoms with Crippen LogP contribution in [0.3, 0.4) is 0 Å². The van der Waals surface area contributed by atoms with Crippen LogP contribution in [0.1, 0.15) is 10.4 Å². The average molecular weight is 298 g/mol. The fraction of sp³-hybridized carbons (Fsp3) is 0.176. The molecule has 0 amide bonds. The molecule has 5 heteroatoms. The molecule has 0 aliphatic heterocycles. The van der Waals surface area contributed by atoms with E-state index < -0.39 is 5.97 Å². The first-order valence-corrected chi connectivity index (χ1v) is 6.77. The number of aryl methyl sites for hydroxylation is 1. The van der Waals surface area contributed by atoms with Gasteiger partial charge in [0, 0.05) is 12.1 Å². The van der Waals surface area contributed by atoms with E-state index >= 15 is 0 Å². The van der Waals surface area contributed by atoms with Gasteiger partial charge in [0.15, 0.2) is 0 Å². The van der Waals surface area contributed by atoms with E-state index in [4.69, 9.17) is 9.47 Å². The number of carboxylic acid groups (broad SMARTS) is 1. The molecule has 2 aromatic carbocycles. The van der Waals surface area contributed by atoms with Crippen LogP contribution < -0.4 is 14.0 Å². The Morgan fingerprint density at radius 3 is 1.77 bits per heavy atom. The minimum atomic E-state index is -0.975. The van der Waals surface area contributed by atoms with Crippen molar-refractivity contribution in [2.45, 2.75) is 0 Å². The summed E-state index contributed by atoms with van der Waals surface area (Å²) < 4.78 is 12.4. The number of aromatic nitrogens is 1. The Bertz CT molecular complexity index is 837. The molecule has 0 saturated carbocycles. The van der Waals surface area contributed by atoms with Crippen LogP contribution in [0.4, 0.5) is 0 Å². The molecular weight excluding hydrogens is 282 g/mol. The molecule has 1 N–H and O–H groups in total. The summed E-state index contributed by atoms with van der Waals surface area (Å²) in [5.41, 5.74) is 1.91. The summed E-state index contributed by atoms with van der Waals surface area (Å²) in [4.78, 5) is 11.8. The van der Waals surface area contributed by atoms with Crippen molar-refractivity contribution in [2.24, 2.45) is 7.05 Å². The lowest BCUT2D eigenvalue weighted by Gasteiger charge is -2.09. The van der Waals surface area contributed by atoms with Crippen molar-refractivity contribution < 1.29 is 23.9 Å². The first kappa shape index (κ1) is 14.1. The zero-order valence-corrected chi connectivity index (χ0v) is 12.6. The Morgan fingerprint density at radius 2 is 1.41 bits per heavy atom. The second kappa shape index (κ2) is 5.18. The molecule has 5 nitrogen and oxygen atoms in total. The van der Waals surface area contributed by atoms with E-state index in [0.717, 1.165) is 11.0 Å². The Labute approximate surface area is 127 Å². The number of nitrogens with zero attached hydrogens (tertiary/aromatic N) is 1. The van der Waals surface area contributed by atoms with Gasteiger partial charge in [-0.2, -0.15) is 4.57 Å². The Morgan fingerprint density at radius 1 is 0.955 bits per heavy atom. The fourth-order valence-electron chi connectivity index (χ4n) is 2.77. The molecule has 0 fully saturated rings. The van der Waals surface area contributed by atoms with E-state index in [1.54, 1.807) is 26.4 Å². The average Bonchev–Trinajstić information content (AvgIpc) is 2.53. The SMILES string of the molecule is COc1ccc2c(c1)c(C(=O)O)c1cc(OC)ccc1[n+]2C. The van der Waals surface area contributed by atoms with Crippen LogP contribution in [0, 0.1) is 0 Å². The number of methoxy groups -OCH3 is 2. The van der Waals surface area contributed by atoms with Crippen molar-refractivity contribution in [1.82, 2.24) is 0 Å². The highest BCUT2D eigenvalue weighted by molar-refractivity contribution is 6.12. The van der Waals surface area contributed by atoms with E-state index in [0.29, 0.717) is 22.3 Å². The van der Waals surface area contributed by atoms with Gasteiger partial charge < -0.3 is 14.6 Å². The van der Waals surface area contributed by atoms with Crippen molar-refractivity contribution in [3.8, 4) is 11.5 Å². The molecule has 0 aliphatic rings. The number of ether oxygens (including phenoxy) is 2. The zero-order valence-electron chi connectivity index (χ0n) is 12.6. The highest BCUT2D eigenvalue weighted by Gasteiger charge is 2.23. The lowest BCUT2D eigenvalue weighted by Crippen LogP contribution is -2.31. The smallest absolute Gasteiger partial charge is 0.337 e. The molecule has 0 saturated heterocycles. The molecule has 0 unspecified atom stereocenters. The molecule has 3 aromatic rings. The third kappa shape index (κ3) is 2.02. The molecule has 0 spiro atoms. The number of hydrogen-bond donors (Lipinski definition) is 1. The lowest BCUT2D eigenvalue weighted by molar-refractivity contribution is -0.617. The van der Waals surface area contributed by atoms with Crippen molar-refractivity contribution in [1.29, 1.82) is 0 Å². The molecule has 112 valence electrons. The lowest BCUT2D eigenvalue weighted by atomic mass is 10.0.